The van der Waals surface area contributed by atoms with Gasteiger partial charge in [-0.2, -0.15) is 0 Å². The molecule has 8 nitrogen and oxygen atoms in total. The zero-order chi connectivity index (χ0) is 21.6. The molecule has 2 aromatic rings. The standard InChI is InChI=1S/C21H26N2O6/c1-6-28-20(25)17-12(2)18(23-13(17)3)21(26)29-14(4)19(24)22-11-15-7-9-16(27-5)10-8-15/h7-10,14,23H,6,11H2,1-5H3,(H,22,24)/t14-/m0/s1. The van der Waals surface area contributed by atoms with Crippen molar-refractivity contribution in [2.75, 3.05) is 13.7 Å². The van der Waals surface area contributed by atoms with Gasteiger partial charge in [-0.05, 0) is 51.0 Å². The number of hydrogen-bond acceptors (Lipinski definition) is 6. The Balaban J connectivity index is 1.98. The number of aromatic nitrogens is 1. The Hall–Kier alpha value is -3.29. The number of aryl methyl sites for hydroxylation is 1. The number of rotatable bonds is 8. The molecule has 1 aromatic carbocycles. The highest BCUT2D eigenvalue weighted by Crippen LogP contribution is 2.20. The number of nitrogens with one attached hydrogen (secondary N) is 2. The summed E-state index contributed by atoms with van der Waals surface area (Å²) in [5.41, 5.74) is 2.24. The lowest BCUT2D eigenvalue weighted by Crippen LogP contribution is -2.35. The number of amides is 1. The molecule has 0 fully saturated rings. The second-order valence-electron chi connectivity index (χ2n) is 6.46. The molecule has 0 spiro atoms. The van der Waals surface area contributed by atoms with Crippen molar-refractivity contribution in [1.29, 1.82) is 0 Å². The van der Waals surface area contributed by atoms with Crippen molar-refractivity contribution in [3.8, 4) is 5.75 Å². The Morgan fingerprint density at radius 3 is 2.34 bits per heavy atom. The average molecular weight is 402 g/mol. The van der Waals surface area contributed by atoms with Crippen LogP contribution in [0.5, 0.6) is 5.75 Å². The minimum absolute atomic E-state index is 0.125. The predicted octanol–water partition coefficient (Wildman–Crippen LogP) is 2.68. The van der Waals surface area contributed by atoms with E-state index in [1.54, 1.807) is 40.0 Å². The third-order valence-corrected chi connectivity index (χ3v) is 4.40. The largest absolute Gasteiger partial charge is 0.497 e. The van der Waals surface area contributed by atoms with E-state index in [0.29, 0.717) is 23.4 Å². The molecular formula is C21H26N2O6. The number of H-pyrrole nitrogens is 1. The molecule has 0 radical (unpaired) electrons. The summed E-state index contributed by atoms with van der Waals surface area (Å²) in [5.74, 6) is -0.932. The normalized spacial score (nSPS) is 11.5. The number of methoxy groups -OCH3 is 1. The fourth-order valence-corrected chi connectivity index (χ4v) is 2.81. The molecule has 29 heavy (non-hydrogen) atoms. The SMILES string of the molecule is CCOC(=O)c1c(C)[nH]c(C(=O)O[C@@H](C)C(=O)NCc2ccc(OC)cc2)c1C. The van der Waals surface area contributed by atoms with E-state index in [2.05, 4.69) is 10.3 Å². The lowest BCUT2D eigenvalue weighted by Gasteiger charge is -2.13. The topological polar surface area (TPSA) is 107 Å². The van der Waals surface area contributed by atoms with Crippen LogP contribution in [0.4, 0.5) is 0 Å². The number of aromatic amines is 1. The van der Waals surface area contributed by atoms with Gasteiger partial charge in [-0.3, -0.25) is 4.79 Å². The molecule has 0 aliphatic carbocycles. The van der Waals surface area contributed by atoms with E-state index >= 15 is 0 Å². The fraction of sp³-hybridized carbons (Fsp3) is 0.381. The van der Waals surface area contributed by atoms with Crippen molar-refractivity contribution in [3.05, 3.63) is 52.3 Å². The van der Waals surface area contributed by atoms with Crippen molar-refractivity contribution in [2.45, 2.75) is 40.3 Å². The van der Waals surface area contributed by atoms with Crippen LogP contribution >= 0.6 is 0 Å². The molecule has 0 bridgehead atoms. The molecule has 1 amide bonds. The molecule has 1 aromatic heterocycles. The number of hydrogen-bond donors (Lipinski definition) is 2. The van der Waals surface area contributed by atoms with Crippen LogP contribution in [0.15, 0.2) is 24.3 Å². The predicted molar refractivity (Wildman–Crippen MR) is 106 cm³/mol. The summed E-state index contributed by atoms with van der Waals surface area (Å²) in [6, 6.07) is 7.25. The summed E-state index contributed by atoms with van der Waals surface area (Å²) >= 11 is 0. The molecule has 0 unspecified atom stereocenters. The first-order valence-corrected chi connectivity index (χ1v) is 9.26. The maximum Gasteiger partial charge on any atom is 0.355 e. The second kappa shape index (κ2) is 9.77. The van der Waals surface area contributed by atoms with E-state index < -0.39 is 23.9 Å². The number of carbonyl (C=O) groups is 3. The van der Waals surface area contributed by atoms with Gasteiger partial charge >= 0.3 is 11.9 Å². The van der Waals surface area contributed by atoms with E-state index in [9.17, 15) is 14.4 Å². The molecule has 1 heterocycles. The molecule has 8 heteroatoms. The van der Waals surface area contributed by atoms with Gasteiger partial charge in [-0.15, -0.1) is 0 Å². The van der Waals surface area contributed by atoms with Gasteiger partial charge in [0.2, 0.25) is 0 Å². The molecular weight excluding hydrogens is 376 g/mol. The fourth-order valence-electron chi connectivity index (χ4n) is 2.81. The lowest BCUT2D eigenvalue weighted by molar-refractivity contribution is -0.129. The van der Waals surface area contributed by atoms with Gasteiger partial charge in [0, 0.05) is 12.2 Å². The molecule has 2 rings (SSSR count). The van der Waals surface area contributed by atoms with Crippen LogP contribution in [-0.4, -0.2) is 42.7 Å². The zero-order valence-corrected chi connectivity index (χ0v) is 17.3. The molecule has 0 saturated carbocycles. The van der Waals surface area contributed by atoms with Gasteiger partial charge in [0.15, 0.2) is 6.10 Å². The van der Waals surface area contributed by atoms with Crippen LogP contribution in [0.25, 0.3) is 0 Å². The number of esters is 2. The third-order valence-electron chi connectivity index (χ3n) is 4.40. The van der Waals surface area contributed by atoms with Gasteiger partial charge in [-0.1, -0.05) is 12.1 Å². The first-order valence-electron chi connectivity index (χ1n) is 9.26. The Morgan fingerprint density at radius 2 is 1.76 bits per heavy atom. The van der Waals surface area contributed by atoms with Gasteiger partial charge in [0.25, 0.3) is 5.91 Å². The molecule has 0 aliphatic heterocycles. The molecule has 0 saturated heterocycles. The average Bonchev–Trinajstić information content (AvgIpc) is 3.00. The van der Waals surface area contributed by atoms with Crippen LogP contribution in [0.2, 0.25) is 0 Å². The van der Waals surface area contributed by atoms with Crippen LogP contribution in [-0.2, 0) is 20.8 Å². The summed E-state index contributed by atoms with van der Waals surface area (Å²) in [7, 11) is 1.58. The van der Waals surface area contributed by atoms with Gasteiger partial charge < -0.3 is 24.5 Å². The van der Waals surface area contributed by atoms with Gasteiger partial charge in [0.05, 0.1) is 19.3 Å². The monoisotopic (exact) mass is 402 g/mol. The summed E-state index contributed by atoms with van der Waals surface area (Å²) in [5, 5.41) is 2.72. The summed E-state index contributed by atoms with van der Waals surface area (Å²) in [6.45, 7) is 7.00. The Morgan fingerprint density at radius 1 is 1.10 bits per heavy atom. The zero-order valence-electron chi connectivity index (χ0n) is 17.3. The van der Waals surface area contributed by atoms with Crippen LogP contribution < -0.4 is 10.1 Å². The summed E-state index contributed by atoms with van der Waals surface area (Å²) in [6.07, 6.45) is -1.00. The van der Waals surface area contributed by atoms with Crippen LogP contribution in [0.1, 0.15) is 51.5 Å². The summed E-state index contributed by atoms with van der Waals surface area (Å²) in [4.78, 5) is 39.6. The number of benzene rings is 1. The second-order valence-corrected chi connectivity index (χ2v) is 6.46. The van der Waals surface area contributed by atoms with Crippen molar-refractivity contribution >= 4 is 17.8 Å². The highest BCUT2D eigenvalue weighted by molar-refractivity contribution is 5.99. The van der Waals surface area contributed by atoms with Crippen molar-refractivity contribution in [2.24, 2.45) is 0 Å². The molecule has 2 N–H and O–H groups in total. The minimum atomic E-state index is -1.00. The maximum absolute atomic E-state index is 12.5. The quantitative estimate of drug-likeness (QED) is 0.658. The molecule has 0 aliphatic rings. The van der Waals surface area contributed by atoms with E-state index in [-0.39, 0.29) is 12.3 Å². The van der Waals surface area contributed by atoms with E-state index in [1.807, 2.05) is 12.1 Å². The van der Waals surface area contributed by atoms with Crippen molar-refractivity contribution in [3.63, 3.8) is 0 Å². The lowest BCUT2D eigenvalue weighted by atomic mass is 10.1. The minimum Gasteiger partial charge on any atom is -0.497 e. The Bertz CT molecular complexity index is 885. The number of carbonyl (C=O) groups excluding carboxylic acids is 3. The third kappa shape index (κ3) is 5.37. The van der Waals surface area contributed by atoms with Crippen molar-refractivity contribution < 1.29 is 28.6 Å². The van der Waals surface area contributed by atoms with E-state index in [4.69, 9.17) is 14.2 Å². The maximum atomic E-state index is 12.5. The van der Waals surface area contributed by atoms with E-state index in [1.165, 1.54) is 6.92 Å². The molecule has 156 valence electrons. The van der Waals surface area contributed by atoms with Gasteiger partial charge in [-0.25, -0.2) is 9.59 Å². The highest BCUT2D eigenvalue weighted by Gasteiger charge is 2.26. The number of ether oxygens (including phenoxy) is 3. The summed E-state index contributed by atoms with van der Waals surface area (Å²) < 4.78 is 15.4. The highest BCUT2D eigenvalue weighted by atomic mass is 16.5. The smallest absolute Gasteiger partial charge is 0.355 e. The Kier molecular flexibility index (Phi) is 7.41. The van der Waals surface area contributed by atoms with E-state index in [0.717, 1.165) is 11.3 Å². The first kappa shape index (κ1) is 22.0. The van der Waals surface area contributed by atoms with Crippen LogP contribution in [0.3, 0.4) is 0 Å². The van der Waals surface area contributed by atoms with Gasteiger partial charge in [0.1, 0.15) is 11.4 Å². The van der Waals surface area contributed by atoms with Crippen LogP contribution in [0, 0.1) is 13.8 Å². The van der Waals surface area contributed by atoms with Crippen molar-refractivity contribution in [1.82, 2.24) is 10.3 Å². The Labute approximate surface area is 169 Å². The molecule has 1 atom stereocenters. The first-order chi connectivity index (χ1) is 13.8.